The van der Waals surface area contributed by atoms with E-state index in [0.717, 1.165) is 18.4 Å². The molecule has 1 atom stereocenters. The van der Waals surface area contributed by atoms with Crippen LogP contribution in [-0.4, -0.2) is 29.9 Å². The third-order valence-corrected chi connectivity index (χ3v) is 3.94. The lowest BCUT2D eigenvalue weighted by atomic mass is 9.88. The molecule has 0 aliphatic carbocycles. The van der Waals surface area contributed by atoms with Crippen LogP contribution in [0.4, 0.5) is 0 Å². The third-order valence-electron chi connectivity index (χ3n) is 3.94. The molecule has 0 radical (unpaired) electrons. The molecule has 2 amide bonds. The van der Waals surface area contributed by atoms with Gasteiger partial charge in [0.25, 0.3) is 0 Å². The van der Waals surface area contributed by atoms with Crippen LogP contribution in [0.2, 0.25) is 0 Å². The van der Waals surface area contributed by atoms with Gasteiger partial charge in [-0.05, 0) is 25.8 Å². The molecule has 1 aromatic heterocycles. The summed E-state index contributed by atoms with van der Waals surface area (Å²) in [6.07, 6.45) is 4.19. The van der Waals surface area contributed by atoms with E-state index in [2.05, 4.69) is 22.5 Å². The molecule has 0 unspecified atom stereocenters. The highest BCUT2D eigenvalue weighted by atomic mass is 16.5. The van der Waals surface area contributed by atoms with Crippen LogP contribution in [-0.2, 0) is 16.1 Å². The van der Waals surface area contributed by atoms with Crippen molar-refractivity contribution in [3.63, 3.8) is 0 Å². The van der Waals surface area contributed by atoms with Crippen molar-refractivity contribution in [3.05, 3.63) is 23.9 Å². The van der Waals surface area contributed by atoms with Crippen LogP contribution in [0.5, 0.6) is 5.88 Å². The Morgan fingerprint density at radius 1 is 1.55 bits per heavy atom. The fourth-order valence-corrected chi connectivity index (χ4v) is 2.32. The zero-order chi connectivity index (χ0) is 16.0. The molecule has 6 nitrogen and oxygen atoms in total. The van der Waals surface area contributed by atoms with Crippen LogP contribution in [0, 0.1) is 5.41 Å². The Morgan fingerprint density at radius 2 is 2.36 bits per heavy atom. The minimum absolute atomic E-state index is 0.212. The third kappa shape index (κ3) is 3.55. The van der Waals surface area contributed by atoms with E-state index in [1.807, 2.05) is 6.07 Å². The Hall–Kier alpha value is -2.11. The Bertz CT molecular complexity index is 547. The minimum Gasteiger partial charge on any atom is -0.477 e. The van der Waals surface area contributed by atoms with E-state index in [9.17, 15) is 9.59 Å². The first-order valence-electron chi connectivity index (χ1n) is 7.71. The maximum atomic E-state index is 12.3. The summed E-state index contributed by atoms with van der Waals surface area (Å²) in [6, 6.07) is 3.67. The molecular formula is C16H23N3O3. The number of hydrogen-bond donors (Lipinski definition) is 2. The van der Waals surface area contributed by atoms with Gasteiger partial charge in [-0.3, -0.25) is 9.59 Å². The molecule has 0 spiro atoms. The number of rotatable bonds is 7. The SMILES string of the molecule is CCCCOc1ncccc1CNC(=O)[C@@]1(C)CCNC1=O. The van der Waals surface area contributed by atoms with Crippen LogP contribution in [0.1, 0.15) is 38.7 Å². The summed E-state index contributed by atoms with van der Waals surface area (Å²) in [5.41, 5.74) is -0.167. The summed E-state index contributed by atoms with van der Waals surface area (Å²) >= 11 is 0. The van der Waals surface area contributed by atoms with Gasteiger partial charge in [0, 0.05) is 24.8 Å². The summed E-state index contributed by atoms with van der Waals surface area (Å²) in [6.45, 7) is 5.22. The van der Waals surface area contributed by atoms with E-state index in [1.54, 1.807) is 19.2 Å². The van der Waals surface area contributed by atoms with Crippen molar-refractivity contribution in [1.29, 1.82) is 0 Å². The first-order chi connectivity index (χ1) is 10.6. The standard InChI is InChI=1S/C16H23N3O3/c1-3-4-10-22-13-12(6-5-8-17-13)11-19-15(21)16(2)7-9-18-14(16)20/h5-6,8H,3-4,7,9-11H2,1-2H3,(H,18,20)(H,19,21)/t16-/m0/s1. The first kappa shape index (κ1) is 16.3. The van der Waals surface area contributed by atoms with E-state index in [1.165, 1.54) is 0 Å². The molecule has 1 fully saturated rings. The molecule has 1 aromatic rings. The highest BCUT2D eigenvalue weighted by Gasteiger charge is 2.44. The van der Waals surface area contributed by atoms with Crippen LogP contribution < -0.4 is 15.4 Å². The summed E-state index contributed by atoms with van der Waals surface area (Å²) in [5.74, 6) is 0.0683. The fraction of sp³-hybridized carbons (Fsp3) is 0.562. The lowest BCUT2D eigenvalue weighted by molar-refractivity contribution is -0.139. The second-order valence-electron chi connectivity index (χ2n) is 5.69. The monoisotopic (exact) mass is 305 g/mol. The van der Waals surface area contributed by atoms with Crippen molar-refractivity contribution in [2.75, 3.05) is 13.2 Å². The van der Waals surface area contributed by atoms with E-state index in [4.69, 9.17) is 4.74 Å². The van der Waals surface area contributed by atoms with Gasteiger partial charge >= 0.3 is 0 Å². The van der Waals surface area contributed by atoms with Gasteiger partial charge in [-0.15, -0.1) is 0 Å². The smallest absolute Gasteiger partial charge is 0.235 e. The zero-order valence-electron chi connectivity index (χ0n) is 13.1. The maximum absolute atomic E-state index is 12.3. The molecule has 2 heterocycles. The molecular weight excluding hydrogens is 282 g/mol. The average molecular weight is 305 g/mol. The van der Waals surface area contributed by atoms with E-state index >= 15 is 0 Å². The van der Waals surface area contributed by atoms with E-state index in [-0.39, 0.29) is 11.8 Å². The number of hydrogen-bond acceptors (Lipinski definition) is 4. The molecule has 1 aliphatic heterocycles. The predicted molar refractivity (Wildman–Crippen MR) is 82.2 cm³/mol. The van der Waals surface area contributed by atoms with E-state index in [0.29, 0.717) is 32.0 Å². The van der Waals surface area contributed by atoms with Gasteiger partial charge < -0.3 is 15.4 Å². The molecule has 1 saturated heterocycles. The zero-order valence-corrected chi connectivity index (χ0v) is 13.1. The Balaban J connectivity index is 1.96. The number of aromatic nitrogens is 1. The van der Waals surface area contributed by atoms with Crippen LogP contribution in [0.25, 0.3) is 0 Å². The second-order valence-corrected chi connectivity index (χ2v) is 5.69. The molecule has 2 N–H and O–H groups in total. The maximum Gasteiger partial charge on any atom is 0.235 e. The van der Waals surface area contributed by atoms with Crippen molar-refractivity contribution < 1.29 is 14.3 Å². The summed E-state index contributed by atoms with van der Waals surface area (Å²) < 4.78 is 5.64. The fourth-order valence-electron chi connectivity index (χ4n) is 2.32. The largest absolute Gasteiger partial charge is 0.477 e. The topological polar surface area (TPSA) is 80.3 Å². The number of ether oxygens (including phenoxy) is 1. The van der Waals surface area contributed by atoms with Gasteiger partial charge in [0.1, 0.15) is 5.41 Å². The molecule has 22 heavy (non-hydrogen) atoms. The number of carbonyl (C=O) groups is 2. The number of unbranched alkanes of at least 4 members (excludes halogenated alkanes) is 1. The second kappa shape index (κ2) is 7.24. The predicted octanol–water partition coefficient (Wildman–Crippen LogP) is 1.40. The number of amides is 2. The lowest BCUT2D eigenvalue weighted by Crippen LogP contribution is -2.43. The van der Waals surface area contributed by atoms with Gasteiger partial charge in [0.2, 0.25) is 17.7 Å². The molecule has 2 rings (SSSR count). The average Bonchev–Trinajstić information content (AvgIpc) is 2.87. The molecule has 0 aromatic carbocycles. The number of nitrogens with zero attached hydrogens (tertiary/aromatic N) is 1. The van der Waals surface area contributed by atoms with Crippen LogP contribution >= 0.6 is 0 Å². The van der Waals surface area contributed by atoms with Crippen molar-refractivity contribution in [2.45, 2.75) is 39.7 Å². The first-order valence-corrected chi connectivity index (χ1v) is 7.71. The Kier molecular flexibility index (Phi) is 5.35. The Morgan fingerprint density at radius 3 is 3.05 bits per heavy atom. The normalized spacial score (nSPS) is 20.5. The van der Waals surface area contributed by atoms with Crippen molar-refractivity contribution in [1.82, 2.24) is 15.6 Å². The lowest BCUT2D eigenvalue weighted by Gasteiger charge is -2.20. The molecule has 120 valence electrons. The van der Waals surface area contributed by atoms with Crippen LogP contribution in [0.3, 0.4) is 0 Å². The summed E-state index contributed by atoms with van der Waals surface area (Å²) in [4.78, 5) is 28.3. The molecule has 0 bridgehead atoms. The highest BCUT2D eigenvalue weighted by molar-refractivity contribution is 6.05. The van der Waals surface area contributed by atoms with Crippen LogP contribution in [0.15, 0.2) is 18.3 Å². The van der Waals surface area contributed by atoms with Gasteiger partial charge in [-0.25, -0.2) is 4.98 Å². The minimum atomic E-state index is -0.981. The quantitative estimate of drug-likeness (QED) is 0.589. The Labute approximate surface area is 130 Å². The number of carbonyl (C=O) groups excluding carboxylic acids is 2. The van der Waals surface area contributed by atoms with Crippen molar-refractivity contribution in [3.8, 4) is 5.88 Å². The number of nitrogens with one attached hydrogen (secondary N) is 2. The number of pyridine rings is 1. The van der Waals surface area contributed by atoms with Crippen molar-refractivity contribution in [2.24, 2.45) is 5.41 Å². The highest BCUT2D eigenvalue weighted by Crippen LogP contribution is 2.26. The van der Waals surface area contributed by atoms with E-state index < -0.39 is 5.41 Å². The molecule has 0 saturated carbocycles. The molecule has 6 heteroatoms. The van der Waals surface area contributed by atoms with Gasteiger partial charge in [-0.2, -0.15) is 0 Å². The summed E-state index contributed by atoms with van der Waals surface area (Å²) in [7, 11) is 0. The van der Waals surface area contributed by atoms with Gasteiger partial charge in [0.15, 0.2) is 0 Å². The van der Waals surface area contributed by atoms with Gasteiger partial charge in [0.05, 0.1) is 6.61 Å². The summed E-state index contributed by atoms with van der Waals surface area (Å²) in [5, 5.41) is 5.52. The van der Waals surface area contributed by atoms with Gasteiger partial charge in [-0.1, -0.05) is 19.4 Å². The molecule has 1 aliphatic rings. The van der Waals surface area contributed by atoms with Crippen molar-refractivity contribution >= 4 is 11.8 Å².